The van der Waals surface area contributed by atoms with E-state index in [4.69, 9.17) is 16.0 Å². The summed E-state index contributed by atoms with van der Waals surface area (Å²) in [5.74, 6) is 1.30. The molecule has 0 spiro atoms. The molecule has 0 fully saturated rings. The molecule has 0 aliphatic rings. The van der Waals surface area contributed by atoms with Crippen LogP contribution in [0.15, 0.2) is 28.8 Å². The molecule has 4 heteroatoms. The maximum absolute atomic E-state index is 9.21. The lowest BCUT2D eigenvalue weighted by Gasteiger charge is -1.98. The first-order valence-corrected chi connectivity index (χ1v) is 4.46. The molecule has 0 saturated carbocycles. The van der Waals surface area contributed by atoms with Gasteiger partial charge in [-0.25, -0.2) is 4.98 Å². The van der Waals surface area contributed by atoms with Crippen molar-refractivity contribution in [3.63, 3.8) is 0 Å². The topological polar surface area (TPSA) is 46.3 Å². The van der Waals surface area contributed by atoms with E-state index in [1.807, 2.05) is 6.92 Å². The zero-order valence-corrected chi connectivity index (χ0v) is 8.25. The molecule has 0 saturated heterocycles. The minimum atomic E-state index is 0.0543. The molecule has 2 aromatic rings. The van der Waals surface area contributed by atoms with Crippen molar-refractivity contribution >= 4 is 11.6 Å². The van der Waals surface area contributed by atoms with E-state index < -0.39 is 0 Å². The number of benzene rings is 1. The molecule has 0 atom stereocenters. The summed E-state index contributed by atoms with van der Waals surface area (Å²) >= 11 is 5.75. The lowest BCUT2D eigenvalue weighted by Crippen LogP contribution is -1.77. The average molecular weight is 210 g/mol. The van der Waals surface area contributed by atoms with E-state index in [9.17, 15) is 5.11 Å². The zero-order valence-electron chi connectivity index (χ0n) is 7.49. The largest absolute Gasteiger partial charge is 0.506 e. The molecule has 1 aromatic carbocycles. The molecule has 72 valence electrons. The number of aromatic hydroxyl groups is 1. The van der Waals surface area contributed by atoms with Crippen LogP contribution < -0.4 is 0 Å². The fourth-order valence-corrected chi connectivity index (χ4v) is 1.31. The van der Waals surface area contributed by atoms with E-state index in [1.165, 1.54) is 6.07 Å². The number of aromatic nitrogens is 1. The second-order valence-electron chi connectivity index (χ2n) is 2.94. The van der Waals surface area contributed by atoms with Crippen LogP contribution in [0.3, 0.4) is 0 Å². The Morgan fingerprint density at radius 3 is 2.79 bits per heavy atom. The number of phenols is 1. The smallest absolute Gasteiger partial charge is 0.226 e. The Morgan fingerprint density at radius 2 is 2.21 bits per heavy atom. The first-order valence-electron chi connectivity index (χ1n) is 4.08. The molecule has 0 unspecified atom stereocenters. The summed E-state index contributed by atoms with van der Waals surface area (Å²) in [4.78, 5) is 4.05. The summed E-state index contributed by atoms with van der Waals surface area (Å²) in [5.41, 5.74) is 0.751. The molecule has 0 aliphatic heterocycles. The minimum absolute atomic E-state index is 0.0543. The highest BCUT2D eigenvalue weighted by atomic mass is 35.5. The highest BCUT2D eigenvalue weighted by molar-refractivity contribution is 6.32. The molecule has 0 bridgehead atoms. The van der Waals surface area contributed by atoms with E-state index in [0.717, 1.165) is 11.3 Å². The van der Waals surface area contributed by atoms with Crippen molar-refractivity contribution in [2.24, 2.45) is 0 Å². The number of nitrogens with zero attached hydrogens (tertiary/aromatic N) is 1. The van der Waals surface area contributed by atoms with Crippen molar-refractivity contribution in [1.82, 2.24) is 4.98 Å². The van der Waals surface area contributed by atoms with Gasteiger partial charge in [0.25, 0.3) is 0 Å². The molecule has 1 aromatic heterocycles. The van der Waals surface area contributed by atoms with Gasteiger partial charge in [0.05, 0.1) is 11.2 Å². The number of rotatable bonds is 1. The third-order valence-corrected chi connectivity index (χ3v) is 2.12. The van der Waals surface area contributed by atoms with Crippen LogP contribution in [0.4, 0.5) is 0 Å². The van der Waals surface area contributed by atoms with Gasteiger partial charge in [-0.1, -0.05) is 11.6 Å². The third-order valence-electron chi connectivity index (χ3n) is 1.82. The lowest BCUT2D eigenvalue weighted by molar-refractivity contribution is 0.475. The van der Waals surface area contributed by atoms with Gasteiger partial charge in [0.1, 0.15) is 11.5 Å². The SMILES string of the molecule is Cc1cnc(-c2ccc(O)c(Cl)c2)o1. The van der Waals surface area contributed by atoms with Crippen molar-refractivity contribution in [3.8, 4) is 17.2 Å². The van der Waals surface area contributed by atoms with Gasteiger partial charge in [-0.15, -0.1) is 0 Å². The summed E-state index contributed by atoms with van der Waals surface area (Å²) in [6.07, 6.45) is 1.64. The molecular formula is C10H8ClNO2. The van der Waals surface area contributed by atoms with Crippen LogP contribution in [0.25, 0.3) is 11.5 Å². The maximum atomic E-state index is 9.21. The van der Waals surface area contributed by atoms with Crippen molar-refractivity contribution in [3.05, 3.63) is 35.2 Å². The summed E-state index contributed by atoms with van der Waals surface area (Å²) in [6.45, 7) is 1.82. The molecule has 1 heterocycles. The summed E-state index contributed by atoms with van der Waals surface area (Å²) < 4.78 is 5.31. The predicted octanol–water partition coefficient (Wildman–Crippen LogP) is 3.01. The Balaban J connectivity index is 2.47. The van der Waals surface area contributed by atoms with Crippen molar-refractivity contribution < 1.29 is 9.52 Å². The van der Waals surface area contributed by atoms with Gasteiger partial charge in [-0.05, 0) is 25.1 Å². The fourth-order valence-electron chi connectivity index (χ4n) is 1.13. The van der Waals surface area contributed by atoms with E-state index in [-0.39, 0.29) is 5.75 Å². The van der Waals surface area contributed by atoms with Crippen molar-refractivity contribution in [2.45, 2.75) is 6.92 Å². The Bertz CT molecular complexity index is 465. The van der Waals surface area contributed by atoms with E-state index in [1.54, 1.807) is 18.3 Å². The Kier molecular flexibility index (Phi) is 2.17. The number of phenolic OH excluding ortho intramolecular Hbond substituents is 1. The molecule has 2 rings (SSSR count). The number of oxazole rings is 1. The number of halogens is 1. The van der Waals surface area contributed by atoms with Gasteiger partial charge < -0.3 is 9.52 Å². The van der Waals surface area contributed by atoms with E-state index in [2.05, 4.69) is 4.98 Å². The molecule has 0 radical (unpaired) electrons. The first-order chi connectivity index (χ1) is 6.66. The Morgan fingerprint density at radius 1 is 1.43 bits per heavy atom. The van der Waals surface area contributed by atoms with E-state index >= 15 is 0 Å². The minimum Gasteiger partial charge on any atom is -0.506 e. The van der Waals surface area contributed by atoms with Crippen LogP contribution in [0, 0.1) is 6.92 Å². The second-order valence-corrected chi connectivity index (χ2v) is 3.35. The number of hydrogen-bond acceptors (Lipinski definition) is 3. The molecule has 0 amide bonds. The Labute approximate surface area is 86.0 Å². The lowest BCUT2D eigenvalue weighted by atomic mass is 10.2. The van der Waals surface area contributed by atoms with Crippen LogP contribution in [0.2, 0.25) is 5.02 Å². The summed E-state index contributed by atoms with van der Waals surface area (Å²) in [5, 5.41) is 9.50. The number of hydrogen-bond donors (Lipinski definition) is 1. The highest BCUT2D eigenvalue weighted by Gasteiger charge is 2.06. The van der Waals surface area contributed by atoms with Gasteiger partial charge in [0, 0.05) is 5.56 Å². The van der Waals surface area contributed by atoms with Crippen LogP contribution in [0.5, 0.6) is 5.75 Å². The second kappa shape index (κ2) is 3.35. The summed E-state index contributed by atoms with van der Waals surface area (Å²) in [6, 6.07) is 4.83. The number of aryl methyl sites for hydroxylation is 1. The monoisotopic (exact) mass is 209 g/mol. The molecular weight excluding hydrogens is 202 g/mol. The third kappa shape index (κ3) is 1.59. The molecule has 3 nitrogen and oxygen atoms in total. The summed E-state index contributed by atoms with van der Waals surface area (Å²) in [7, 11) is 0. The van der Waals surface area contributed by atoms with Crippen molar-refractivity contribution in [2.75, 3.05) is 0 Å². The fraction of sp³-hybridized carbons (Fsp3) is 0.100. The van der Waals surface area contributed by atoms with Gasteiger partial charge in [0.2, 0.25) is 5.89 Å². The normalized spacial score (nSPS) is 10.4. The molecule has 14 heavy (non-hydrogen) atoms. The van der Waals surface area contributed by atoms with Crippen LogP contribution in [-0.4, -0.2) is 10.1 Å². The molecule has 1 N–H and O–H groups in total. The van der Waals surface area contributed by atoms with Crippen LogP contribution >= 0.6 is 11.6 Å². The van der Waals surface area contributed by atoms with Gasteiger partial charge in [0.15, 0.2) is 0 Å². The maximum Gasteiger partial charge on any atom is 0.226 e. The highest BCUT2D eigenvalue weighted by Crippen LogP contribution is 2.28. The van der Waals surface area contributed by atoms with Gasteiger partial charge >= 0.3 is 0 Å². The van der Waals surface area contributed by atoms with Crippen molar-refractivity contribution in [1.29, 1.82) is 0 Å². The zero-order chi connectivity index (χ0) is 10.1. The van der Waals surface area contributed by atoms with Gasteiger partial charge in [-0.3, -0.25) is 0 Å². The molecule has 0 aliphatic carbocycles. The predicted molar refractivity (Wildman–Crippen MR) is 53.4 cm³/mol. The van der Waals surface area contributed by atoms with Crippen LogP contribution in [0.1, 0.15) is 5.76 Å². The van der Waals surface area contributed by atoms with Gasteiger partial charge in [-0.2, -0.15) is 0 Å². The quantitative estimate of drug-likeness (QED) is 0.785. The van der Waals surface area contributed by atoms with E-state index in [0.29, 0.717) is 10.9 Å². The average Bonchev–Trinajstić information content (AvgIpc) is 2.57. The Hall–Kier alpha value is -1.48. The standard InChI is InChI=1S/C10H8ClNO2/c1-6-5-12-10(14-6)7-2-3-9(13)8(11)4-7/h2-5,13H,1H3. The first kappa shape index (κ1) is 9.09. The van der Waals surface area contributed by atoms with Crippen LogP contribution in [-0.2, 0) is 0 Å².